The number of esters is 1. The fourth-order valence-corrected chi connectivity index (χ4v) is 3.07. The standard InChI is InChI=1S/C22H23FN2O6/c1-28-18-7-6-14(9-16(18)23)12-31-21(26)5-4-8-25-13-24-17-11-20(30-3)19(29-2)10-15(17)22(25)27/h6-7,9-11,13H,4-5,8,12H2,1-3H3. The van der Waals surface area contributed by atoms with Crippen LogP contribution in [-0.4, -0.2) is 36.8 Å². The van der Waals surface area contributed by atoms with E-state index in [4.69, 9.17) is 18.9 Å². The summed E-state index contributed by atoms with van der Waals surface area (Å²) in [5.41, 5.74) is 0.768. The van der Waals surface area contributed by atoms with E-state index in [-0.39, 0.29) is 24.3 Å². The molecule has 0 saturated heterocycles. The molecule has 1 aromatic heterocycles. The zero-order valence-electron chi connectivity index (χ0n) is 17.5. The quantitative estimate of drug-likeness (QED) is 0.482. The van der Waals surface area contributed by atoms with E-state index in [1.54, 1.807) is 18.2 Å². The number of methoxy groups -OCH3 is 3. The van der Waals surface area contributed by atoms with Gasteiger partial charge in [0, 0.05) is 19.0 Å². The zero-order valence-corrected chi connectivity index (χ0v) is 17.5. The van der Waals surface area contributed by atoms with Crippen molar-refractivity contribution in [2.75, 3.05) is 21.3 Å². The van der Waals surface area contributed by atoms with Crippen LogP contribution in [0.1, 0.15) is 18.4 Å². The molecule has 0 aliphatic carbocycles. The molecule has 9 heteroatoms. The van der Waals surface area contributed by atoms with Crippen LogP contribution in [0.4, 0.5) is 4.39 Å². The van der Waals surface area contributed by atoms with E-state index in [9.17, 15) is 14.0 Å². The van der Waals surface area contributed by atoms with Crippen LogP contribution in [0.25, 0.3) is 10.9 Å². The lowest BCUT2D eigenvalue weighted by molar-refractivity contribution is -0.145. The van der Waals surface area contributed by atoms with Gasteiger partial charge in [0.2, 0.25) is 0 Å². The molecular formula is C22H23FN2O6. The number of hydrogen-bond acceptors (Lipinski definition) is 7. The van der Waals surface area contributed by atoms with Crippen molar-refractivity contribution in [1.82, 2.24) is 9.55 Å². The number of hydrogen-bond donors (Lipinski definition) is 0. The van der Waals surface area contributed by atoms with Gasteiger partial charge in [-0.2, -0.15) is 0 Å². The molecule has 0 N–H and O–H groups in total. The van der Waals surface area contributed by atoms with Gasteiger partial charge in [-0.15, -0.1) is 0 Å². The highest BCUT2D eigenvalue weighted by atomic mass is 19.1. The van der Waals surface area contributed by atoms with Crippen molar-refractivity contribution in [1.29, 1.82) is 0 Å². The molecule has 8 nitrogen and oxygen atoms in total. The Balaban J connectivity index is 1.58. The van der Waals surface area contributed by atoms with Crippen LogP contribution in [-0.2, 0) is 22.7 Å². The number of nitrogens with zero attached hydrogens (tertiary/aromatic N) is 2. The largest absolute Gasteiger partial charge is 0.494 e. The average Bonchev–Trinajstić information content (AvgIpc) is 2.78. The molecule has 0 spiro atoms. The van der Waals surface area contributed by atoms with Gasteiger partial charge >= 0.3 is 5.97 Å². The van der Waals surface area contributed by atoms with Crippen LogP contribution >= 0.6 is 0 Å². The summed E-state index contributed by atoms with van der Waals surface area (Å²) in [7, 11) is 4.38. The number of aromatic nitrogens is 2. The molecule has 0 atom stereocenters. The molecule has 164 valence electrons. The van der Waals surface area contributed by atoms with Crippen molar-refractivity contribution in [2.24, 2.45) is 0 Å². The second kappa shape index (κ2) is 9.92. The smallest absolute Gasteiger partial charge is 0.306 e. The van der Waals surface area contributed by atoms with Gasteiger partial charge in [-0.1, -0.05) is 6.07 Å². The zero-order chi connectivity index (χ0) is 22.4. The molecule has 0 amide bonds. The summed E-state index contributed by atoms with van der Waals surface area (Å²) in [6.45, 7) is 0.251. The van der Waals surface area contributed by atoms with Gasteiger partial charge < -0.3 is 18.9 Å². The van der Waals surface area contributed by atoms with Crippen molar-refractivity contribution >= 4 is 16.9 Å². The Hall–Kier alpha value is -3.62. The van der Waals surface area contributed by atoms with Crippen molar-refractivity contribution in [3.8, 4) is 17.2 Å². The Bertz CT molecular complexity index is 1140. The first-order valence-corrected chi connectivity index (χ1v) is 9.56. The van der Waals surface area contributed by atoms with E-state index in [0.29, 0.717) is 40.9 Å². The third kappa shape index (κ3) is 5.11. The number of carbonyl (C=O) groups excluding carboxylic acids is 1. The van der Waals surface area contributed by atoms with Crippen molar-refractivity contribution < 1.29 is 28.1 Å². The summed E-state index contributed by atoms with van der Waals surface area (Å²) in [5, 5.41) is 0.393. The van der Waals surface area contributed by atoms with Crippen molar-refractivity contribution in [2.45, 2.75) is 26.0 Å². The van der Waals surface area contributed by atoms with Gasteiger partial charge in [0.05, 0.1) is 38.6 Å². The maximum atomic E-state index is 13.7. The molecule has 1 heterocycles. The number of fused-ring (bicyclic) bond motifs is 1. The molecule has 31 heavy (non-hydrogen) atoms. The minimum absolute atomic E-state index is 0.0428. The number of rotatable bonds is 9. The normalized spacial score (nSPS) is 10.7. The number of benzene rings is 2. The van der Waals surface area contributed by atoms with Crippen molar-refractivity contribution in [3.63, 3.8) is 0 Å². The van der Waals surface area contributed by atoms with Crippen LogP contribution < -0.4 is 19.8 Å². The van der Waals surface area contributed by atoms with E-state index >= 15 is 0 Å². The first-order valence-electron chi connectivity index (χ1n) is 9.56. The summed E-state index contributed by atoms with van der Waals surface area (Å²) >= 11 is 0. The van der Waals surface area contributed by atoms with E-state index in [1.165, 1.54) is 44.4 Å². The van der Waals surface area contributed by atoms with Gasteiger partial charge in [-0.3, -0.25) is 14.2 Å². The lowest BCUT2D eigenvalue weighted by atomic mass is 10.2. The topological polar surface area (TPSA) is 88.9 Å². The number of halogens is 1. The molecule has 0 unspecified atom stereocenters. The Morgan fingerprint density at radius 2 is 1.74 bits per heavy atom. The number of aryl methyl sites for hydroxylation is 1. The van der Waals surface area contributed by atoms with Crippen LogP contribution in [0.3, 0.4) is 0 Å². The molecule has 0 aliphatic rings. The number of carbonyl (C=O) groups is 1. The third-order valence-corrected chi connectivity index (χ3v) is 4.73. The van der Waals surface area contributed by atoms with Gasteiger partial charge in [-0.25, -0.2) is 9.37 Å². The monoisotopic (exact) mass is 430 g/mol. The fraction of sp³-hybridized carbons (Fsp3) is 0.318. The minimum Gasteiger partial charge on any atom is -0.494 e. The molecule has 0 bridgehead atoms. The van der Waals surface area contributed by atoms with Crippen LogP contribution in [0.15, 0.2) is 41.5 Å². The third-order valence-electron chi connectivity index (χ3n) is 4.73. The Kier molecular flexibility index (Phi) is 7.07. The highest BCUT2D eigenvalue weighted by molar-refractivity contribution is 5.81. The molecule has 3 rings (SSSR count). The molecule has 0 fully saturated rings. The van der Waals surface area contributed by atoms with Crippen LogP contribution in [0, 0.1) is 5.82 Å². The molecular weight excluding hydrogens is 407 g/mol. The van der Waals surface area contributed by atoms with Gasteiger partial charge in [0.1, 0.15) is 6.61 Å². The molecule has 3 aromatic rings. The van der Waals surface area contributed by atoms with E-state index in [0.717, 1.165) is 0 Å². The second-order valence-corrected chi connectivity index (χ2v) is 6.70. The van der Waals surface area contributed by atoms with Gasteiger partial charge in [0.15, 0.2) is 23.1 Å². The Labute approximate surface area is 178 Å². The Morgan fingerprint density at radius 3 is 2.42 bits per heavy atom. The predicted octanol–water partition coefficient (Wildman–Crippen LogP) is 3.09. The molecule has 0 saturated carbocycles. The maximum absolute atomic E-state index is 13.7. The van der Waals surface area contributed by atoms with Crippen LogP contribution in [0.2, 0.25) is 0 Å². The van der Waals surface area contributed by atoms with Crippen LogP contribution in [0.5, 0.6) is 17.2 Å². The minimum atomic E-state index is -0.520. The average molecular weight is 430 g/mol. The summed E-state index contributed by atoms with van der Waals surface area (Å²) in [4.78, 5) is 29.0. The lowest BCUT2D eigenvalue weighted by Gasteiger charge is -2.10. The summed E-state index contributed by atoms with van der Waals surface area (Å²) in [6.07, 6.45) is 1.92. The number of ether oxygens (including phenoxy) is 4. The first kappa shape index (κ1) is 22.1. The second-order valence-electron chi connectivity index (χ2n) is 6.70. The van der Waals surface area contributed by atoms with Gasteiger partial charge in [0.25, 0.3) is 5.56 Å². The summed E-state index contributed by atoms with van der Waals surface area (Å²) in [6, 6.07) is 7.58. The highest BCUT2D eigenvalue weighted by Crippen LogP contribution is 2.29. The SMILES string of the molecule is COc1ccc(COC(=O)CCCn2cnc3cc(OC)c(OC)cc3c2=O)cc1F. The highest BCUT2D eigenvalue weighted by Gasteiger charge is 2.12. The predicted molar refractivity (Wildman–Crippen MR) is 111 cm³/mol. The summed E-state index contributed by atoms with van der Waals surface area (Å²) in [5.74, 6) is 0.0859. The summed E-state index contributed by atoms with van der Waals surface area (Å²) < 4.78 is 35.6. The maximum Gasteiger partial charge on any atom is 0.306 e. The van der Waals surface area contributed by atoms with E-state index in [2.05, 4.69) is 4.98 Å². The molecule has 0 aliphatic heterocycles. The molecule has 0 radical (unpaired) electrons. The van der Waals surface area contributed by atoms with E-state index < -0.39 is 11.8 Å². The van der Waals surface area contributed by atoms with Crippen molar-refractivity contribution in [3.05, 3.63) is 58.4 Å². The molecule has 2 aromatic carbocycles. The van der Waals surface area contributed by atoms with Gasteiger partial charge in [-0.05, 0) is 30.2 Å². The lowest BCUT2D eigenvalue weighted by Crippen LogP contribution is -2.21. The first-order chi connectivity index (χ1) is 15.0. The van der Waals surface area contributed by atoms with E-state index in [1.807, 2.05) is 0 Å². The Morgan fingerprint density at radius 1 is 1.03 bits per heavy atom. The fourth-order valence-electron chi connectivity index (χ4n) is 3.07.